The van der Waals surface area contributed by atoms with Gasteiger partial charge in [0.05, 0.1) is 6.54 Å². The van der Waals surface area contributed by atoms with Gasteiger partial charge in [-0.2, -0.15) is 0 Å². The lowest BCUT2D eigenvalue weighted by molar-refractivity contribution is -0.130. The molecule has 2 amide bonds. The van der Waals surface area contributed by atoms with E-state index in [1.807, 2.05) is 25.1 Å². The Balaban J connectivity index is 1.33. The molecule has 150 valence electrons. The van der Waals surface area contributed by atoms with Crippen molar-refractivity contribution in [1.82, 2.24) is 10.2 Å². The normalized spacial score (nSPS) is 14.3. The number of aryl methyl sites for hydroxylation is 1. The number of furan rings is 1. The SMILES string of the molecule is Cc1c(C(=O)NCC(=O)N2CCN(c3ccccc3)CC2)oc2ccc(Cl)cc12. The number of rotatable bonds is 4. The van der Waals surface area contributed by atoms with Crippen LogP contribution in [0, 0.1) is 6.92 Å². The highest BCUT2D eigenvalue weighted by atomic mass is 35.5. The second kappa shape index (κ2) is 8.17. The summed E-state index contributed by atoms with van der Waals surface area (Å²) in [6.07, 6.45) is 0. The summed E-state index contributed by atoms with van der Waals surface area (Å²) in [5.74, 6) is -0.280. The number of halogens is 1. The smallest absolute Gasteiger partial charge is 0.287 e. The lowest BCUT2D eigenvalue weighted by Crippen LogP contribution is -2.51. The van der Waals surface area contributed by atoms with Gasteiger partial charge in [-0.3, -0.25) is 9.59 Å². The Morgan fingerprint density at radius 2 is 1.79 bits per heavy atom. The van der Waals surface area contributed by atoms with Crippen LogP contribution in [0.15, 0.2) is 52.9 Å². The predicted molar refractivity (Wildman–Crippen MR) is 114 cm³/mol. The maximum Gasteiger partial charge on any atom is 0.287 e. The lowest BCUT2D eigenvalue weighted by atomic mass is 10.1. The Kier molecular flexibility index (Phi) is 5.45. The summed E-state index contributed by atoms with van der Waals surface area (Å²) < 4.78 is 5.65. The summed E-state index contributed by atoms with van der Waals surface area (Å²) >= 11 is 6.02. The standard InChI is InChI=1S/C22H22ClN3O3/c1-15-18-13-16(23)7-8-19(18)29-21(15)22(28)24-14-20(27)26-11-9-25(10-12-26)17-5-3-2-4-6-17/h2-8,13H,9-12,14H2,1H3,(H,24,28). The number of anilines is 1. The molecule has 0 aliphatic carbocycles. The number of carbonyl (C=O) groups is 2. The average molecular weight is 412 g/mol. The molecule has 1 aliphatic rings. The van der Waals surface area contributed by atoms with Crippen LogP contribution < -0.4 is 10.2 Å². The van der Waals surface area contributed by atoms with E-state index < -0.39 is 5.91 Å². The van der Waals surface area contributed by atoms with E-state index in [0.29, 0.717) is 29.3 Å². The summed E-state index contributed by atoms with van der Waals surface area (Å²) in [5, 5.41) is 4.06. The van der Waals surface area contributed by atoms with Crippen LogP contribution in [-0.2, 0) is 4.79 Å². The number of hydrogen-bond acceptors (Lipinski definition) is 4. The van der Waals surface area contributed by atoms with Gasteiger partial charge < -0.3 is 19.5 Å². The van der Waals surface area contributed by atoms with Gasteiger partial charge in [-0.1, -0.05) is 29.8 Å². The monoisotopic (exact) mass is 411 g/mol. The molecular formula is C22H22ClN3O3. The van der Waals surface area contributed by atoms with Crippen molar-refractivity contribution in [2.75, 3.05) is 37.6 Å². The van der Waals surface area contributed by atoms with Crippen LogP contribution in [0.25, 0.3) is 11.0 Å². The minimum atomic E-state index is -0.397. The molecule has 1 fully saturated rings. The summed E-state index contributed by atoms with van der Waals surface area (Å²) in [7, 11) is 0. The van der Waals surface area contributed by atoms with Gasteiger partial charge in [0.2, 0.25) is 5.91 Å². The molecule has 1 saturated heterocycles. The van der Waals surface area contributed by atoms with Crippen LogP contribution in [0.3, 0.4) is 0 Å². The molecule has 6 nitrogen and oxygen atoms in total. The van der Waals surface area contributed by atoms with Gasteiger partial charge >= 0.3 is 0 Å². The van der Waals surface area contributed by atoms with E-state index in [9.17, 15) is 9.59 Å². The van der Waals surface area contributed by atoms with E-state index >= 15 is 0 Å². The van der Waals surface area contributed by atoms with Crippen molar-refractivity contribution in [2.45, 2.75) is 6.92 Å². The van der Waals surface area contributed by atoms with Gasteiger partial charge in [-0.05, 0) is 37.3 Å². The van der Waals surface area contributed by atoms with Crippen LogP contribution in [0.5, 0.6) is 0 Å². The summed E-state index contributed by atoms with van der Waals surface area (Å²) in [4.78, 5) is 29.1. The first-order chi connectivity index (χ1) is 14.0. The zero-order valence-electron chi connectivity index (χ0n) is 16.2. The zero-order valence-corrected chi connectivity index (χ0v) is 16.9. The molecule has 7 heteroatoms. The molecule has 2 aromatic carbocycles. The van der Waals surface area contributed by atoms with Gasteiger partial charge in [0, 0.05) is 47.8 Å². The van der Waals surface area contributed by atoms with Crippen LogP contribution in [0.4, 0.5) is 5.69 Å². The van der Waals surface area contributed by atoms with Crippen molar-refractivity contribution in [3.63, 3.8) is 0 Å². The third-order valence-electron chi connectivity index (χ3n) is 5.26. The van der Waals surface area contributed by atoms with Crippen molar-refractivity contribution in [3.8, 4) is 0 Å². The maximum atomic E-state index is 12.5. The van der Waals surface area contributed by atoms with Crippen LogP contribution in [-0.4, -0.2) is 49.4 Å². The van der Waals surface area contributed by atoms with Crippen molar-refractivity contribution < 1.29 is 14.0 Å². The average Bonchev–Trinajstić information content (AvgIpc) is 3.08. The van der Waals surface area contributed by atoms with E-state index in [4.69, 9.17) is 16.0 Å². The molecule has 0 saturated carbocycles. The fourth-order valence-corrected chi connectivity index (χ4v) is 3.78. The predicted octanol–water partition coefficient (Wildman–Crippen LogP) is 3.47. The zero-order chi connectivity index (χ0) is 20.4. The first-order valence-electron chi connectivity index (χ1n) is 9.57. The van der Waals surface area contributed by atoms with Gasteiger partial charge in [0.15, 0.2) is 5.76 Å². The molecule has 2 heterocycles. The number of fused-ring (bicyclic) bond motifs is 1. The number of carbonyl (C=O) groups excluding carboxylic acids is 2. The first kappa shape index (κ1) is 19.3. The molecule has 29 heavy (non-hydrogen) atoms. The van der Waals surface area contributed by atoms with Crippen LogP contribution in [0.2, 0.25) is 5.02 Å². The fraction of sp³-hybridized carbons (Fsp3) is 0.273. The molecule has 0 spiro atoms. The lowest BCUT2D eigenvalue weighted by Gasteiger charge is -2.36. The van der Waals surface area contributed by atoms with Gasteiger partial charge in [-0.15, -0.1) is 0 Å². The highest BCUT2D eigenvalue weighted by Crippen LogP contribution is 2.27. The number of benzene rings is 2. The van der Waals surface area contributed by atoms with Crippen molar-refractivity contribution in [3.05, 3.63) is 64.9 Å². The van der Waals surface area contributed by atoms with Crippen LogP contribution >= 0.6 is 11.6 Å². The summed E-state index contributed by atoms with van der Waals surface area (Å²) in [5.41, 5.74) is 2.47. The third kappa shape index (κ3) is 4.07. The van der Waals surface area contributed by atoms with Crippen LogP contribution in [0.1, 0.15) is 16.1 Å². The number of nitrogens with one attached hydrogen (secondary N) is 1. The second-order valence-electron chi connectivity index (χ2n) is 7.08. The Hall–Kier alpha value is -2.99. The Bertz CT molecular complexity index is 1040. The molecule has 1 N–H and O–H groups in total. The summed E-state index contributed by atoms with van der Waals surface area (Å²) in [6.45, 7) is 4.56. The highest BCUT2D eigenvalue weighted by molar-refractivity contribution is 6.31. The Labute approximate surface area is 174 Å². The molecule has 0 unspecified atom stereocenters. The van der Waals surface area contributed by atoms with E-state index in [1.165, 1.54) is 0 Å². The number of amides is 2. The maximum absolute atomic E-state index is 12.5. The second-order valence-corrected chi connectivity index (χ2v) is 7.52. The number of piperazine rings is 1. The Morgan fingerprint density at radius 3 is 2.52 bits per heavy atom. The van der Waals surface area contributed by atoms with Gasteiger partial charge in [0.25, 0.3) is 5.91 Å². The van der Waals surface area contributed by atoms with Gasteiger partial charge in [0.1, 0.15) is 5.58 Å². The summed E-state index contributed by atoms with van der Waals surface area (Å²) in [6, 6.07) is 15.4. The first-order valence-corrected chi connectivity index (χ1v) is 9.95. The molecule has 0 radical (unpaired) electrons. The van der Waals surface area contributed by atoms with Gasteiger partial charge in [-0.25, -0.2) is 0 Å². The minimum Gasteiger partial charge on any atom is -0.451 e. The Morgan fingerprint density at radius 1 is 1.07 bits per heavy atom. The topological polar surface area (TPSA) is 65.8 Å². The number of hydrogen-bond donors (Lipinski definition) is 1. The highest BCUT2D eigenvalue weighted by Gasteiger charge is 2.23. The van der Waals surface area contributed by atoms with E-state index in [2.05, 4.69) is 22.3 Å². The molecular weight excluding hydrogens is 390 g/mol. The number of nitrogens with zero attached hydrogens (tertiary/aromatic N) is 2. The van der Waals surface area contributed by atoms with Crippen molar-refractivity contribution in [1.29, 1.82) is 0 Å². The van der Waals surface area contributed by atoms with Crippen molar-refractivity contribution in [2.24, 2.45) is 0 Å². The molecule has 1 aliphatic heterocycles. The van der Waals surface area contributed by atoms with E-state index in [1.54, 1.807) is 23.1 Å². The molecule has 0 atom stereocenters. The quantitative estimate of drug-likeness (QED) is 0.713. The van der Waals surface area contributed by atoms with E-state index in [0.717, 1.165) is 24.2 Å². The third-order valence-corrected chi connectivity index (χ3v) is 5.49. The molecule has 4 rings (SSSR count). The molecule has 3 aromatic rings. The van der Waals surface area contributed by atoms with E-state index in [-0.39, 0.29) is 18.2 Å². The number of para-hydroxylation sites is 1. The molecule has 1 aromatic heterocycles. The molecule has 0 bridgehead atoms. The van der Waals surface area contributed by atoms with Crippen molar-refractivity contribution >= 4 is 40.1 Å². The fourth-order valence-electron chi connectivity index (χ4n) is 3.61. The largest absolute Gasteiger partial charge is 0.451 e. The minimum absolute atomic E-state index is 0.0542.